The first-order valence-corrected chi connectivity index (χ1v) is 13.3. The van der Waals surface area contributed by atoms with Crippen molar-refractivity contribution in [2.75, 3.05) is 23.7 Å². The number of carbonyl (C=O) groups excluding carboxylic acids is 1. The Hall–Kier alpha value is -2.54. The van der Waals surface area contributed by atoms with Gasteiger partial charge in [0.2, 0.25) is 15.9 Å². The summed E-state index contributed by atoms with van der Waals surface area (Å²) in [5.74, 6) is 1.82. The summed E-state index contributed by atoms with van der Waals surface area (Å²) >= 11 is 0. The highest BCUT2D eigenvalue weighted by atomic mass is 32.2. The highest BCUT2D eigenvalue weighted by Crippen LogP contribution is 2.25. The molecule has 1 atom stereocenters. The average molecular weight is 461 g/mol. The number of hydrogen-bond donors (Lipinski definition) is 1. The van der Waals surface area contributed by atoms with Crippen LogP contribution in [-0.4, -0.2) is 33.7 Å². The Bertz CT molecular complexity index is 915. The normalized spacial score (nSPS) is 12.2. The number of rotatable bonds is 14. The third-order valence-corrected chi connectivity index (χ3v) is 6.59. The van der Waals surface area contributed by atoms with Crippen molar-refractivity contribution in [3.8, 4) is 11.5 Å². The van der Waals surface area contributed by atoms with Crippen LogP contribution in [0.4, 0.5) is 5.69 Å². The molecule has 0 radical (unpaired) electrons. The zero-order valence-electron chi connectivity index (χ0n) is 19.4. The van der Waals surface area contributed by atoms with Gasteiger partial charge in [-0.25, -0.2) is 8.42 Å². The van der Waals surface area contributed by atoms with Gasteiger partial charge >= 0.3 is 0 Å². The van der Waals surface area contributed by atoms with Crippen LogP contribution in [0.5, 0.6) is 11.5 Å². The Kier molecular flexibility index (Phi) is 10.5. The van der Waals surface area contributed by atoms with Crippen molar-refractivity contribution in [3.63, 3.8) is 0 Å². The molecule has 0 heterocycles. The van der Waals surface area contributed by atoms with Crippen LogP contribution in [0.25, 0.3) is 0 Å². The van der Waals surface area contributed by atoms with Gasteiger partial charge < -0.3 is 10.1 Å². The summed E-state index contributed by atoms with van der Waals surface area (Å²) in [5.41, 5.74) is 0.555. The van der Waals surface area contributed by atoms with Gasteiger partial charge in [-0.05, 0) is 55.2 Å². The van der Waals surface area contributed by atoms with Crippen LogP contribution in [0.3, 0.4) is 0 Å². The molecule has 0 aliphatic carbocycles. The van der Waals surface area contributed by atoms with Crippen molar-refractivity contribution in [2.24, 2.45) is 5.92 Å². The minimum Gasteiger partial charge on any atom is -0.457 e. The van der Waals surface area contributed by atoms with Crippen LogP contribution in [-0.2, 0) is 14.8 Å². The van der Waals surface area contributed by atoms with Gasteiger partial charge in [-0.3, -0.25) is 9.10 Å². The predicted molar refractivity (Wildman–Crippen MR) is 131 cm³/mol. The van der Waals surface area contributed by atoms with Crippen LogP contribution < -0.4 is 14.4 Å². The number of benzene rings is 2. The molecule has 176 valence electrons. The lowest BCUT2D eigenvalue weighted by Gasteiger charge is -2.22. The van der Waals surface area contributed by atoms with E-state index in [-0.39, 0.29) is 12.5 Å². The predicted octanol–water partition coefficient (Wildman–Crippen LogP) is 5.36. The molecule has 0 unspecified atom stereocenters. The SMILES string of the molecule is CCCC[C@@H](CC)CNC(=O)CCCN(c1ccc(Oc2ccccc2)cc1)S(C)(=O)=O. The van der Waals surface area contributed by atoms with Crippen molar-refractivity contribution >= 4 is 21.6 Å². The maximum absolute atomic E-state index is 12.3. The first-order chi connectivity index (χ1) is 15.3. The number of nitrogens with one attached hydrogen (secondary N) is 1. The van der Waals surface area contributed by atoms with Gasteiger partial charge in [-0.15, -0.1) is 0 Å². The molecule has 1 amide bonds. The molecule has 2 aromatic carbocycles. The van der Waals surface area contributed by atoms with Gasteiger partial charge in [-0.1, -0.05) is 51.3 Å². The van der Waals surface area contributed by atoms with Gasteiger partial charge in [0.05, 0.1) is 11.9 Å². The maximum Gasteiger partial charge on any atom is 0.232 e. The van der Waals surface area contributed by atoms with Gasteiger partial charge in [0.25, 0.3) is 0 Å². The summed E-state index contributed by atoms with van der Waals surface area (Å²) < 4.78 is 31.8. The number of unbranched alkanes of at least 4 members (excludes halogenated alkanes) is 1. The van der Waals surface area contributed by atoms with Crippen molar-refractivity contribution in [2.45, 2.75) is 52.4 Å². The highest BCUT2D eigenvalue weighted by Gasteiger charge is 2.18. The van der Waals surface area contributed by atoms with Gasteiger partial charge in [0.1, 0.15) is 11.5 Å². The standard InChI is InChI=1S/C25H36N2O4S/c1-4-6-11-21(5-2)20-26-25(28)14-10-19-27(32(3,29)30)22-15-17-24(18-16-22)31-23-12-8-7-9-13-23/h7-9,12-13,15-18,21H,4-6,10-11,14,19-20H2,1-3H3,(H,26,28)/t21-/m1/s1. The minimum absolute atomic E-state index is 0.0278. The minimum atomic E-state index is -3.47. The molecule has 0 saturated carbocycles. The largest absolute Gasteiger partial charge is 0.457 e. The Labute approximate surface area is 193 Å². The molecule has 2 aromatic rings. The monoisotopic (exact) mass is 460 g/mol. The number of nitrogens with zero attached hydrogens (tertiary/aromatic N) is 1. The Morgan fingerprint density at radius 2 is 1.66 bits per heavy atom. The van der Waals surface area contributed by atoms with Crippen molar-refractivity contribution < 1.29 is 17.9 Å². The van der Waals surface area contributed by atoms with E-state index in [2.05, 4.69) is 19.2 Å². The van der Waals surface area contributed by atoms with E-state index in [1.807, 2.05) is 30.3 Å². The van der Waals surface area contributed by atoms with Crippen LogP contribution in [0, 0.1) is 5.92 Å². The number of ether oxygens (including phenoxy) is 1. The molecule has 0 aliphatic rings. The molecular weight excluding hydrogens is 424 g/mol. The number of hydrogen-bond acceptors (Lipinski definition) is 4. The second-order valence-corrected chi connectivity index (χ2v) is 9.98. The molecular formula is C25H36N2O4S. The number of carbonyl (C=O) groups is 1. The first-order valence-electron chi connectivity index (χ1n) is 11.4. The van der Waals surface area contributed by atoms with Crippen LogP contribution in [0.15, 0.2) is 54.6 Å². The maximum atomic E-state index is 12.3. The van der Waals surface area contributed by atoms with E-state index >= 15 is 0 Å². The lowest BCUT2D eigenvalue weighted by atomic mass is 9.99. The Morgan fingerprint density at radius 1 is 1.00 bits per heavy atom. The number of para-hydroxylation sites is 1. The van der Waals surface area contributed by atoms with Gasteiger partial charge in [-0.2, -0.15) is 0 Å². The van der Waals surface area contributed by atoms with E-state index < -0.39 is 10.0 Å². The Morgan fingerprint density at radius 3 is 2.25 bits per heavy atom. The second kappa shape index (κ2) is 13.1. The van der Waals surface area contributed by atoms with Gasteiger partial charge in [0, 0.05) is 19.5 Å². The zero-order valence-corrected chi connectivity index (χ0v) is 20.2. The van der Waals surface area contributed by atoms with E-state index in [1.165, 1.54) is 17.0 Å². The lowest BCUT2D eigenvalue weighted by Crippen LogP contribution is -2.33. The van der Waals surface area contributed by atoms with Crippen LogP contribution >= 0.6 is 0 Å². The molecule has 1 N–H and O–H groups in total. The Balaban J connectivity index is 1.89. The van der Waals surface area contributed by atoms with E-state index in [1.54, 1.807) is 24.3 Å². The average Bonchev–Trinajstić information content (AvgIpc) is 2.77. The first kappa shape index (κ1) is 25.7. The van der Waals surface area contributed by atoms with E-state index in [4.69, 9.17) is 4.74 Å². The summed E-state index contributed by atoms with van der Waals surface area (Å²) in [6.07, 6.45) is 6.43. The topological polar surface area (TPSA) is 75.7 Å². The van der Waals surface area contributed by atoms with E-state index in [9.17, 15) is 13.2 Å². The summed E-state index contributed by atoms with van der Waals surface area (Å²) in [5, 5.41) is 3.00. The molecule has 0 aliphatic heterocycles. The molecule has 0 spiro atoms. The molecule has 6 nitrogen and oxygen atoms in total. The molecule has 32 heavy (non-hydrogen) atoms. The van der Waals surface area contributed by atoms with E-state index in [0.29, 0.717) is 42.5 Å². The summed E-state index contributed by atoms with van der Waals surface area (Å²) in [6, 6.07) is 16.3. The molecule has 0 bridgehead atoms. The summed E-state index contributed by atoms with van der Waals surface area (Å²) in [7, 11) is -3.47. The third kappa shape index (κ3) is 8.91. The summed E-state index contributed by atoms with van der Waals surface area (Å²) in [4.78, 5) is 12.2. The highest BCUT2D eigenvalue weighted by molar-refractivity contribution is 7.92. The fraction of sp³-hybridized carbons (Fsp3) is 0.480. The smallest absolute Gasteiger partial charge is 0.232 e. The van der Waals surface area contributed by atoms with Crippen molar-refractivity contribution in [1.82, 2.24) is 5.32 Å². The van der Waals surface area contributed by atoms with Gasteiger partial charge in [0.15, 0.2) is 0 Å². The molecule has 0 fully saturated rings. The molecule has 7 heteroatoms. The lowest BCUT2D eigenvalue weighted by molar-refractivity contribution is -0.121. The van der Waals surface area contributed by atoms with Crippen molar-refractivity contribution in [3.05, 3.63) is 54.6 Å². The molecule has 2 rings (SSSR count). The molecule has 0 saturated heterocycles. The van der Waals surface area contributed by atoms with E-state index in [0.717, 1.165) is 19.3 Å². The molecule has 0 aromatic heterocycles. The quantitative estimate of drug-likeness (QED) is 0.412. The van der Waals surface area contributed by atoms with Crippen LogP contribution in [0.2, 0.25) is 0 Å². The zero-order chi connectivity index (χ0) is 23.4. The number of sulfonamides is 1. The summed E-state index contributed by atoms with van der Waals surface area (Å²) in [6.45, 7) is 5.25. The fourth-order valence-electron chi connectivity index (χ4n) is 3.46. The van der Waals surface area contributed by atoms with Crippen LogP contribution in [0.1, 0.15) is 52.4 Å². The second-order valence-electron chi connectivity index (χ2n) is 8.07. The third-order valence-electron chi connectivity index (χ3n) is 5.40. The number of amides is 1. The fourth-order valence-corrected chi connectivity index (χ4v) is 4.43. The van der Waals surface area contributed by atoms with Crippen molar-refractivity contribution in [1.29, 1.82) is 0 Å². The number of anilines is 1.